The average molecular weight is 390 g/mol. The van der Waals surface area contributed by atoms with Crippen molar-refractivity contribution in [3.8, 4) is 0 Å². The van der Waals surface area contributed by atoms with Crippen LogP contribution in [0.25, 0.3) is 0 Å². The molecule has 28 heavy (non-hydrogen) atoms. The minimum absolute atomic E-state index is 0.0998. The molecule has 2 aromatic carbocycles. The monoisotopic (exact) mass is 390 g/mol. The zero-order chi connectivity index (χ0) is 20.7. The van der Waals surface area contributed by atoms with Gasteiger partial charge < -0.3 is 11.1 Å². The number of aliphatic imine (C=N–C) groups is 2. The SMILES string of the molecule is CC(=O)c1cc(CNC(=O)C(N=CN)=Nc2ccccc2)cc(C(F)(F)F)c1. The Labute approximate surface area is 159 Å². The molecule has 0 radical (unpaired) electrons. The molecule has 0 aliphatic heterocycles. The van der Waals surface area contributed by atoms with Gasteiger partial charge in [-0.3, -0.25) is 9.59 Å². The van der Waals surface area contributed by atoms with Crippen molar-refractivity contribution in [2.24, 2.45) is 15.7 Å². The van der Waals surface area contributed by atoms with Crippen molar-refractivity contribution in [1.29, 1.82) is 0 Å². The Morgan fingerprint density at radius 2 is 1.82 bits per heavy atom. The fourth-order valence-electron chi connectivity index (χ4n) is 2.26. The first-order valence-electron chi connectivity index (χ1n) is 8.09. The molecule has 0 fully saturated rings. The van der Waals surface area contributed by atoms with E-state index in [2.05, 4.69) is 15.3 Å². The summed E-state index contributed by atoms with van der Waals surface area (Å²) in [5.41, 5.74) is 4.73. The standard InChI is InChI=1S/C19H17F3N4O2/c1-12(27)14-7-13(8-15(9-14)19(20,21)22)10-24-18(28)17(25-11-23)26-16-5-3-2-4-6-16/h2-9,11H,10H2,1H3,(H,24,28)(H2,23,25,26). The van der Waals surface area contributed by atoms with Gasteiger partial charge in [0.25, 0.3) is 5.91 Å². The molecule has 1 amide bonds. The number of Topliss-reactive ketones (excluding diaryl/α,β-unsaturated/α-hetero) is 1. The van der Waals surface area contributed by atoms with E-state index in [-0.39, 0.29) is 23.5 Å². The highest BCUT2D eigenvalue weighted by Crippen LogP contribution is 2.30. The highest BCUT2D eigenvalue weighted by molar-refractivity contribution is 6.39. The van der Waals surface area contributed by atoms with E-state index >= 15 is 0 Å². The Morgan fingerprint density at radius 3 is 2.39 bits per heavy atom. The quantitative estimate of drug-likeness (QED) is 0.476. The van der Waals surface area contributed by atoms with Crippen molar-refractivity contribution < 1.29 is 22.8 Å². The van der Waals surface area contributed by atoms with Crippen molar-refractivity contribution in [3.63, 3.8) is 0 Å². The van der Waals surface area contributed by atoms with Crippen LogP contribution in [0.1, 0.15) is 28.4 Å². The molecular weight excluding hydrogens is 373 g/mol. The number of amidine groups is 1. The van der Waals surface area contributed by atoms with E-state index in [4.69, 9.17) is 5.73 Å². The van der Waals surface area contributed by atoms with E-state index in [1.807, 2.05) is 0 Å². The number of carbonyl (C=O) groups is 2. The Bertz CT molecular complexity index is 923. The number of nitrogens with zero attached hydrogens (tertiary/aromatic N) is 2. The van der Waals surface area contributed by atoms with Gasteiger partial charge in [0.05, 0.1) is 17.6 Å². The maximum atomic E-state index is 13.0. The second-order valence-corrected chi connectivity index (χ2v) is 5.70. The number of amides is 1. The molecule has 0 saturated heterocycles. The van der Waals surface area contributed by atoms with Gasteiger partial charge in [-0.05, 0) is 42.8 Å². The fraction of sp³-hybridized carbons (Fsp3) is 0.158. The fourth-order valence-corrected chi connectivity index (χ4v) is 2.26. The number of ketones is 1. The number of alkyl halides is 3. The molecule has 0 unspecified atom stereocenters. The molecule has 0 aromatic heterocycles. The maximum absolute atomic E-state index is 13.0. The molecule has 0 saturated carbocycles. The van der Waals surface area contributed by atoms with E-state index in [0.717, 1.165) is 18.5 Å². The second kappa shape index (κ2) is 8.94. The zero-order valence-corrected chi connectivity index (χ0v) is 14.8. The largest absolute Gasteiger partial charge is 0.416 e. The van der Waals surface area contributed by atoms with Gasteiger partial charge in [0, 0.05) is 12.1 Å². The minimum Gasteiger partial charge on any atom is -0.390 e. The third-order valence-electron chi connectivity index (χ3n) is 3.57. The zero-order valence-electron chi connectivity index (χ0n) is 14.8. The third-order valence-corrected chi connectivity index (χ3v) is 3.57. The Morgan fingerprint density at radius 1 is 1.14 bits per heavy atom. The van der Waals surface area contributed by atoms with Gasteiger partial charge in [0.15, 0.2) is 5.78 Å². The summed E-state index contributed by atoms with van der Waals surface area (Å²) in [6.07, 6.45) is -3.73. The van der Waals surface area contributed by atoms with Crippen LogP contribution in [0.3, 0.4) is 0 Å². The number of rotatable bonds is 4. The Kier molecular flexibility index (Phi) is 6.64. The van der Waals surface area contributed by atoms with Crippen LogP contribution in [-0.2, 0) is 17.5 Å². The van der Waals surface area contributed by atoms with Gasteiger partial charge in [-0.15, -0.1) is 0 Å². The van der Waals surface area contributed by atoms with E-state index in [1.54, 1.807) is 30.3 Å². The lowest BCUT2D eigenvalue weighted by Gasteiger charge is -2.12. The molecule has 6 nitrogen and oxygen atoms in total. The predicted molar refractivity (Wildman–Crippen MR) is 99.5 cm³/mol. The highest BCUT2D eigenvalue weighted by Gasteiger charge is 2.31. The predicted octanol–water partition coefficient (Wildman–Crippen LogP) is 3.24. The molecule has 146 valence electrons. The summed E-state index contributed by atoms with van der Waals surface area (Å²) < 4.78 is 39.1. The van der Waals surface area contributed by atoms with Crippen LogP contribution in [0.15, 0.2) is 58.5 Å². The number of hydrogen-bond donors (Lipinski definition) is 2. The van der Waals surface area contributed by atoms with Crippen molar-refractivity contribution in [2.45, 2.75) is 19.6 Å². The van der Waals surface area contributed by atoms with Crippen LogP contribution >= 0.6 is 0 Å². The van der Waals surface area contributed by atoms with Crippen molar-refractivity contribution in [2.75, 3.05) is 0 Å². The summed E-state index contributed by atoms with van der Waals surface area (Å²) >= 11 is 0. The molecule has 0 spiro atoms. The molecule has 0 atom stereocenters. The van der Waals surface area contributed by atoms with Crippen LogP contribution in [0, 0.1) is 0 Å². The van der Waals surface area contributed by atoms with Crippen molar-refractivity contribution >= 4 is 29.6 Å². The summed E-state index contributed by atoms with van der Waals surface area (Å²) in [7, 11) is 0. The molecule has 0 aliphatic carbocycles. The number of carbonyl (C=O) groups excluding carboxylic acids is 2. The van der Waals surface area contributed by atoms with Gasteiger partial charge in [0.2, 0.25) is 5.84 Å². The van der Waals surface area contributed by atoms with E-state index < -0.39 is 23.4 Å². The van der Waals surface area contributed by atoms with Gasteiger partial charge in [-0.1, -0.05) is 18.2 Å². The molecule has 9 heteroatoms. The van der Waals surface area contributed by atoms with Gasteiger partial charge in [-0.25, -0.2) is 9.98 Å². The van der Waals surface area contributed by atoms with Crippen LogP contribution in [-0.4, -0.2) is 23.9 Å². The van der Waals surface area contributed by atoms with Crippen LogP contribution in [0.5, 0.6) is 0 Å². The third kappa shape index (κ3) is 5.76. The molecule has 0 aliphatic rings. The Hall–Kier alpha value is -3.49. The lowest BCUT2D eigenvalue weighted by atomic mass is 10.0. The summed E-state index contributed by atoms with van der Waals surface area (Å²) in [4.78, 5) is 31.6. The normalized spacial score (nSPS) is 12.2. The average Bonchev–Trinajstić information content (AvgIpc) is 2.65. The van der Waals surface area contributed by atoms with Gasteiger partial charge in [-0.2, -0.15) is 13.2 Å². The first kappa shape index (κ1) is 20.8. The van der Waals surface area contributed by atoms with E-state index in [0.29, 0.717) is 5.69 Å². The molecule has 0 bridgehead atoms. The molecule has 3 N–H and O–H groups in total. The molecule has 2 aromatic rings. The first-order valence-corrected chi connectivity index (χ1v) is 8.09. The summed E-state index contributed by atoms with van der Waals surface area (Å²) in [5, 5.41) is 2.43. The lowest BCUT2D eigenvalue weighted by Crippen LogP contribution is -2.30. The highest BCUT2D eigenvalue weighted by atomic mass is 19.4. The second-order valence-electron chi connectivity index (χ2n) is 5.70. The number of nitrogens with two attached hydrogens (primary N) is 1. The summed E-state index contributed by atoms with van der Waals surface area (Å²) in [6, 6.07) is 11.4. The minimum atomic E-state index is -4.62. The number of hydrogen-bond acceptors (Lipinski definition) is 3. The summed E-state index contributed by atoms with van der Waals surface area (Å²) in [6.45, 7) is 0.912. The number of benzene rings is 2. The lowest BCUT2D eigenvalue weighted by molar-refractivity contribution is -0.137. The van der Waals surface area contributed by atoms with Crippen molar-refractivity contribution in [1.82, 2.24) is 5.32 Å². The topological polar surface area (TPSA) is 96.9 Å². The molecular formula is C19H17F3N4O2. The smallest absolute Gasteiger partial charge is 0.390 e. The number of nitrogens with one attached hydrogen (secondary N) is 1. The van der Waals surface area contributed by atoms with Crippen molar-refractivity contribution in [3.05, 3.63) is 65.2 Å². The maximum Gasteiger partial charge on any atom is 0.416 e. The van der Waals surface area contributed by atoms with Gasteiger partial charge >= 0.3 is 6.18 Å². The van der Waals surface area contributed by atoms with Crippen LogP contribution in [0.2, 0.25) is 0 Å². The summed E-state index contributed by atoms with van der Waals surface area (Å²) in [5.74, 6) is -1.50. The molecule has 2 rings (SSSR count). The first-order chi connectivity index (χ1) is 13.2. The van der Waals surface area contributed by atoms with E-state index in [9.17, 15) is 22.8 Å². The molecule has 0 heterocycles. The van der Waals surface area contributed by atoms with Crippen LogP contribution in [0.4, 0.5) is 18.9 Å². The van der Waals surface area contributed by atoms with Gasteiger partial charge in [0.1, 0.15) is 0 Å². The van der Waals surface area contributed by atoms with Crippen LogP contribution < -0.4 is 11.1 Å². The Balaban J connectivity index is 2.24. The number of halogens is 3. The van der Waals surface area contributed by atoms with E-state index in [1.165, 1.54) is 13.0 Å². The number of para-hydroxylation sites is 1.